The van der Waals surface area contributed by atoms with E-state index in [1.54, 1.807) is 0 Å². The molecule has 2 aliphatic rings. The van der Waals surface area contributed by atoms with Crippen LogP contribution in [0.4, 0.5) is 0 Å². The van der Waals surface area contributed by atoms with E-state index in [0.29, 0.717) is 0 Å². The third-order valence-corrected chi connectivity index (χ3v) is 6.49. The topological polar surface area (TPSA) is 29.1 Å². The average Bonchev–Trinajstić information content (AvgIpc) is 2.37. The molecule has 0 heterocycles. The smallest absolute Gasteiger partial charge is 0.223 e. The van der Waals surface area contributed by atoms with E-state index in [9.17, 15) is 4.79 Å². The molecule has 2 nitrogen and oxygen atoms in total. The van der Waals surface area contributed by atoms with Crippen molar-refractivity contribution in [1.29, 1.82) is 0 Å². The fraction of sp³-hybridized carbons (Fsp3) is 0.938. The van der Waals surface area contributed by atoms with Crippen molar-refractivity contribution in [2.24, 2.45) is 17.8 Å². The van der Waals surface area contributed by atoms with Crippen molar-refractivity contribution >= 4 is 21.8 Å². The van der Waals surface area contributed by atoms with Gasteiger partial charge in [-0.15, -0.1) is 0 Å². The Balaban J connectivity index is 1.90. The highest BCUT2D eigenvalue weighted by molar-refractivity contribution is 9.09. The Bertz CT molecular complexity index is 327. The van der Waals surface area contributed by atoms with Crippen LogP contribution in [0.1, 0.15) is 65.7 Å². The Morgan fingerprint density at radius 2 is 1.79 bits per heavy atom. The highest BCUT2D eigenvalue weighted by atomic mass is 79.9. The predicted molar refractivity (Wildman–Crippen MR) is 83.4 cm³/mol. The molecule has 0 radical (unpaired) electrons. The molecule has 2 fully saturated rings. The maximum absolute atomic E-state index is 12.5. The molecule has 0 aromatic carbocycles. The number of rotatable bonds is 3. The normalized spacial score (nSPS) is 33.4. The van der Waals surface area contributed by atoms with Crippen molar-refractivity contribution in [2.45, 2.75) is 76.1 Å². The lowest BCUT2D eigenvalue weighted by atomic mass is 9.67. The summed E-state index contributed by atoms with van der Waals surface area (Å²) in [6, 6.07) is 0. The van der Waals surface area contributed by atoms with E-state index in [2.05, 4.69) is 42.0 Å². The zero-order valence-electron chi connectivity index (χ0n) is 12.5. The molecule has 4 unspecified atom stereocenters. The second kappa shape index (κ2) is 6.15. The minimum atomic E-state index is -0.166. The van der Waals surface area contributed by atoms with Gasteiger partial charge in [-0.05, 0) is 44.9 Å². The first kappa shape index (κ1) is 15.3. The van der Waals surface area contributed by atoms with Crippen molar-refractivity contribution in [2.75, 3.05) is 0 Å². The van der Waals surface area contributed by atoms with Gasteiger partial charge in [-0.25, -0.2) is 0 Å². The average molecular weight is 330 g/mol. The van der Waals surface area contributed by atoms with Gasteiger partial charge in [0.25, 0.3) is 0 Å². The first-order valence-electron chi connectivity index (χ1n) is 7.86. The molecule has 0 aliphatic heterocycles. The molecule has 0 aromatic heterocycles. The van der Waals surface area contributed by atoms with Crippen LogP contribution in [-0.2, 0) is 4.79 Å². The number of hydrogen-bond acceptors (Lipinski definition) is 1. The molecule has 2 rings (SSSR count). The third-order valence-electron chi connectivity index (χ3n) is 5.35. The van der Waals surface area contributed by atoms with Gasteiger partial charge in [0.15, 0.2) is 0 Å². The van der Waals surface area contributed by atoms with Crippen LogP contribution in [0.2, 0.25) is 0 Å². The van der Waals surface area contributed by atoms with Crippen molar-refractivity contribution in [3.63, 3.8) is 0 Å². The van der Waals surface area contributed by atoms with Crippen molar-refractivity contribution in [3.8, 4) is 0 Å². The number of carbonyl (C=O) groups excluding carboxylic acids is 1. The molecule has 110 valence electrons. The van der Waals surface area contributed by atoms with E-state index < -0.39 is 0 Å². The second-order valence-corrected chi connectivity index (χ2v) is 8.52. The molecule has 0 saturated heterocycles. The lowest BCUT2D eigenvalue weighted by Crippen LogP contribution is -2.51. The summed E-state index contributed by atoms with van der Waals surface area (Å²) in [6.45, 7) is 6.28. The fourth-order valence-corrected chi connectivity index (χ4v) is 3.74. The van der Waals surface area contributed by atoms with E-state index in [4.69, 9.17) is 0 Å². The van der Waals surface area contributed by atoms with Crippen LogP contribution in [0.25, 0.3) is 0 Å². The van der Waals surface area contributed by atoms with Crippen LogP contribution in [0.15, 0.2) is 0 Å². The van der Waals surface area contributed by atoms with Gasteiger partial charge in [0.2, 0.25) is 5.91 Å². The molecular formula is C16H28BrNO. The standard InChI is InChI=1S/C16H28BrNO/c1-11(17)16(2,3)18-15(19)14-9-8-12-6-4-5-7-13(12)10-14/h11-14H,4-10H2,1-3H3,(H,18,19). The molecule has 0 aromatic rings. The van der Waals surface area contributed by atoms with Crippen LogP contribution in [0.3, 0.4) is 0 Å². The lowest BCUT2D eigenvalue weighted by molar-refractivity contribution is -0.128. The van der Waals surface area contributed by atoms with Crippen molar-refractivity contribution in [1.82, 2.24) is 5.32 Å². The van der Waals surface area contributed by atoms with Crippen molar-refractivity contribution in [3.05, 3.63) is 0 Å². The molecule has 0 bridgehead atoms. The van der Waals surface area contributed by atoms with E-state index in [0.717, 1.165) is 24.7 Å². The molecule has 1 amide bonds. The molecule has 19 heavy (non-hydrogen) atoms. The van der Waals surface area contributed by atoms with E-state index in [-0.39, 0.29) is 22.2 Å². The summed E-state index contributed by atoms with van der Waals surface area (Å²) in [5.41, 5.74) is -0.166. The first-order valence-corrected chi connectivity index (χ1v) is 8.78. The summed E-state index contributed by atoms with van der Waals surface area (Å²) in [4.78, 5) is 12.7. The zero-order valence-corrected chi connectivity index (χ0v) is 14.1. The van der Waals surface area contributed by atoms with Gasteiger partial charge in [-0.3, -0.25) is 4.79 Å². The maximum Gasteiger partial charge on any atom is 0.223 e. The van der Waals surface area contributed by atoms with Gasteiger partial charge in [-0.2, -0.15) is 0 Å². The van der Waals surface area contributed by atoms with Crippen LogP contribution < -0.4 is 5.32 Å². The third kappa shape index (κ3) is 3.74. The second-order valence-electron chi connectivity index (χ2n) is 7.14. The fourth-order valence-electron chi connectivity index (χ4n) is 3.63. The highest BCUT2D eigenvalue weighted by Crippen LogP contribution is 2.42. The van der Waals surface area contributed by atoms with Crippen LogP contribution in [0.5, 0.6) is 0 Å². The van der Waals surface area contributed by atoms with Gasteiger partial charge in [0.05, 0.1) is 0 Å². The Morgan fingerprint density at radius 3 is 2.42 bits per heavy atom. The summed E-state index contributed by atoms with van der Waals surface area (Å²) in [5.74, 6) is 2.27. The largest absolute Gasteiger partial charge is 0.350 e. The summed E-state index contributed by atoms with van der Waals surface area (Å²) in [5, 5.41) is 3.24. The maximum atomic E-state index is 12.5. The summed E-state index contributed by atoms with van der Waals surface area (Å²) in [7, 11) is 0. The summed E-state index contributed by atoms with van der Waals surface area (Å²) >= 11 is 3.59. The van der Waals surface area contributed by atoms with Crippen LogP contribution >= 0.6 is 15.9 Å². The summed E-state index contributed by atoms with van der Waals surface area (Å²) < 4.78 is 0. The van der Waals surface area contributed by atoms with Gasteiger partial charge < -0.3 is 5.32 Å². The molecule has 4 atom stereocenters. The quantitative estimate of drug-likeness (QED) is 0.769. The minimum Gasteiger partial charge on any atom is -0.350 e. The van der Waals surface area contributed by atoms with Crippen molar-refractivity contribution < 1.29 is 4.79 Å². The summed E-state index contributed by atoms with van der Waals surface area (Å²) in [6.07, 6.45) is 9.04. The van der Waals surface area contributed by atoms with Crippen LogP contribution in [0, 0.1) is 17.8 Å². The molecule has 2 saturated carbocycles. The zero-order chi connectivity index (χ0) is 14.0. The van der Waals surface area contributed by atoms with E-state index in [1.165, 1.54) is 32.1 Å². The predicted octanol–water partition coefficient (Wildman–Crippen LogP) is 4.27. The van der Waals surface area contributed by atoms with Gasteiger partial charge in [-0.1, -0.05) is 48.5 Å². The Hall–Kier alpha value is -0.0500. The van der Waals surface area contributed by atoms with Crippen LogP contribution in [-0.4, -0.2) is 16.3 Å². The molecule has 3 heteroatoms. The molecule has 0 spiro atoms. The monoisotopic (exact) mass is 329 g/mol. The number of carbonyl (C=O) groups is 1. The van der Waals surface area contributed by atoms with Gasteiger partial charge in [0, 0.05) is 16.3 Å². The first-order chi connectivity index (χ1) is 8.90. The number of amides is 1. The van der Waals surface area contributed by atoms with E-state index >= 15 is 0 Å². The van der Waals surface area contributed by atoms with Gasteiger partial charge in [0.1, 0.15) is 0 Å². The Kier molecular flexibility index (Phi) is 4.97. The molecule has 2 aliphatic carbocycles. The van der Waals surface area contributed by atoms with Gasteiger partial charge >= 0.3 is 0 Å². The highest BCUT2D eigenvalue weighted by Gasteiger charge is 2.36. The number of alkyl halides is 1. The Morgan fingerprint density at radius 1 is 1.16 bits per heavy atom. The number of nitrogens with one attached hydrogen (secondary N) is 1. The molecular weight excluding hydrogens is 302 g/mol. The SMILES string of the molecule is CC(Br)C(C)(C)NC(=O)C1CCC2CCCCC2C1. The minimum absolute atomic E-state index is 0.166. The molecule has 1 N–H and O–H groups in total. The number of fused-ring (bicyclic) bond motifs is 1. The number of halogens is 1. The van der Waals surface area contributed by atoms with E-state index in [1.807, 2.05) is 0 Å². The lowest BCUT2D eigenvalue weighted by Gasteiger charge is -2.40. The number of hydrogen-bond donors (Lipinski definition) is 1. The Labute approximate surface area is 126 Å².